The minimum atomic E-state index is -0.942. The lowest BCUT2D eigenvalue weighted by atomic mass is 10.1. The molecule has 16 heteroatoms. The average molecular weight is 875 g/mol. The maximum atomic E-state index is 13.3. The number of methoxy groups -OCH3 is 2. The molecule has 0 spiro atoms. The summed E-state index contributed by atoms with van der Waals surface area (Å²) < 4.78 is 21.8. The third kappa shape index (κ3) is 10.7. The summed E-state index contributed by atoms with van der Waals surface area (Å²) >= 11 is 0. The van der Waals surface area contributed by atoms with E-state index in [0.717, 1.165) is 50.4 Å². The smallest absolute Gasteiger partial charge is 0.305 e. The first-order chi connectivity index (χ1) is 30.9. The summed E-state index contributed by atoms with van der Waals surface area (Å²) in [6, 6.07) is 25.3. The summed E-state index contributed by atoms with van der Waals surface area (Å²) in [6.07, 6.45) is 0.0864. The second kappa shape index (κ2) is 20.6. The van der Waals surface area contributed by atoms with Crippen molar-refractivity contribution >= 4 is 35.6 Å². The van der Waals surface area contributed by atoms with Crippen LogP contribution in [0.25, 0.3) is 0 Å². The number of rotatable bonds is 20. The maximum Gasteiger partial charge on any atom is 0.305 e. The van der Waals surface area contributed by atoms with Gasteiger partial charge in [0.2, 0.25) is 11.8 Å². The molecule has 4 amide bonds. The van der Waals surface area contributed by atoms with E-state index in [4.69, 9.17) is 30.4 Å². The van der Waals surface area contributed by atoms with Gasteiger partial charge in [-0.25, -0.2) is 0 Å². The summed E-state index contributed by atoms with van der Waals surface area (Å²) in [4.78, 5) is 82.2. The average Bonchev–Trinajstić information content (AvgIpc) is 3.82. The summed E-state index contributed by atoms with van der Waals surface area (Å²) in [6.45, 7) is 6.36. The van der Waals surface area contributed by atoms with Crippen LogP contribution < -0.4 is 20.9 Å². The molecule has 1 saturated heterocycles. The number of esters is 2. The van der Waals surface area contributed by atoms with E-state index in [1.54, 1.807) is 24.3 Å². The highest BCUT2D eigenvalue weighted by atomic mass is 16.5. The van der Waals surface area contributed by atoms with Crippen molar-refractivity contribution in [1.82, 2.24) is 19.6 Å². The molecular formula is C48H54N6O10. The molecule has 64 heavy (non-hydrogen) atoms. The summed E-state index contributed by atoms with van der Waals surface area (Å²) in [5.74, 6) is -1.85. The number of nitrogens with two attached hydrogens (primary N) is 2. The van der Waals surface area contributed by atoms with Gasteiger partial charge in [0.15, 0.2) is 0 Å². The first kappa shape index (κ1) is 45.3. The number of ether oxygens (including phenoxy) is 4. The second-order valence-electron chi connectivity index (χ2n) is 16.3. The third-order valence-electron chi connectivity index (χ3n) is 12.1. The monoisotopic (exact) mass is 874 g/mol. The van der Waals surface area contributed by atoms with E-state index in [2.05, 4.69) is 58.3 Å². The van der Waals surface area contributed by atoms with Crippen molar-refractivity contribution in [2.45, 2.75) is 77.2 Å². The van der Waals surface area contributed by atoms with Gasteiger partial charge in [-0.3, -0.25) is 38.6 Å². The lowest BCUT2D eigenvalue weighted by Gasteiger charge is -2.34. The molecule has 336 valence electrons. The van der Waals surface area contributed by atoms with Crippen molar-refractivity contribution in [2.75, 3.05) is 40.4 Å². The molecule has 0 aliphatic carbocycles. The fraction of sp³-hybridized carbons (Fsp3) is 0.375. The Hall–Kier alpha value is -6.78. The number of carbonyl (C=O) groups excluding carboxylic acids is 6. The van der Waals surface area contributed by atoms with Crippen LogP contribution in [0.2, 0.25) is 0 Å². The molecule has 7 rings (SSSR count). The van der Waals surface area contributed by atoms with Gasteiger partial charge in [0.25, 0.3) is 11.8 Å². The number of primary amides is 2. The molecule has 3 heterocycles. The van der Waals surface area contributed by atoms with E-state index in [-0.39, 0.29) is 50.6 Å². The third-order valence-corrected chi connectivity index (χ3v) is 12.1. The molecule has 4 N–H and O–H groups in total. The summed E-state index contributed by atoms with van der Waals surface area (Å²) in [5, 5.41) is 0. The van der Waals surface area contributed by atoms with E-state index < -0.39 is 35.8 Å². The van der Waals surface area contributed by atoms with Crippen molar-refractivity contribution in [3.05, 3.63) is 129 Å². The fourth-order valence-corrected chi connectivity index (χ4v) is 8.47. The predicted octanol–water partition coefficient (Wildman–Crippen LogP) is 3.69. The lowest BCUT2D eigenvalue weighted by Crippen LogP contribution is -2.45. The van der Waals surface area contributed by atoms with Crippen molar-refractivity contribution in [3.8, 4) is 11.5 Å². The molecule has 0 unspecified atom stereocenters. The number of hydrogen-bond donors (Lipinski definition) is 2. The van der Waals surface area contributed by atoms with Crippen molar-refractivity contribution in [2.24, 2.45) is 11.5 Å². The first-order valence-electron chi connectivity index (χ1n) is 21.4. The van der Waals surface area contributed by atoms with E-state index in [0.29, 0.717) is 47.0 Å². The van der Waals surface area contributed by atoms with Crippen molar-refractivity contribution in [1.29, 1.82) is 0 Å². The van der Waals surface area contributed by atoms with Crippen molar-refractivity contribution < 1.29 is 47.7 Å². The molecule has 3 aliphatic heterocycles. The molecule has 16 nitrogen and oxygen atoms in total. The minimum Gasteiger partial charge on any atom is -0.489 e. The van der Waals surface area contributed by atoms with Crippen LogP contribution in [0.5, 0.6) is 11.5 Å². The second-order valence-corrected chi connectivity index (χ2v) is 16.3. The van der Waals surface area contributed by atoms with E-state index in [1.807, 2.05) is 12.1 Å². The number of benzene rings is 4. The standard InChI is InChI=1S/C48H54N6O10/c1-61-43(55)19-17-39(45(49)57)53-27-37-35(47(53)59)5-3-7-41(37)63-29-33-13-9-31(10-14-33)25-51-21-23-52(24-22-51)26-32-11-15-34(16-12-32)30-64-42-8-4-6-36-38(42)28-54(48(36)60)40(46(50)58)18-20-44(56)62-2/h3-16,39-40H,17-30H2,1-2H3,(H2,49,57)(H2,50,58)/t39-,40-/m0/s1. The summed E-state index contributed by atoms with van der Waals surface area (Å²) in [5.41, 5.74) is 17.9. The predicted molar refractivity (Wildman–Crippen MR) is 233 cm³/mol. The topological polar surface area (TPSA) is 204 Å². The molecule has 2 atom stereocenters. The summed E-state index contributed by atoms with van der Waals surface area (Å²) in [7, 11) is 2.54. The number of hydrogen-bond acceptors (Lipinski definition) is 12. The number of nitrogens with zero attached hydrogens (tertiary/aromatic N) is 4. The van der Waals surface area contributed by atoms with Gasteiger partial charge >= 0.3 is 11.9 Å². The number of amides is 4. The highest BCUT2D eigenvalue weighted by Gasteiger charge is 2.39. The largest absolute Gasteiger partial charge is 0.489 e. The Morgan fingerprint density at radius 1 is 0.547 bits per heavy atom. The molecular weight excluding hydrogens is 821 g/mol. The van der Waals surface area contributed by atoms with Crippen LogP contribution in [-0.2, 0) is 68.0 Å². The van der Waals surface area contributed by atoms with Gasteiger partial charge in [0.1, 0.15) is 36.8 Å². The fourth-order valence-electron chi connectivity index (χ4n) is 8.47. The van der Waals surface area contributed by atoms with Crippen LogP contribution >= 0.6 is 0 Å². The number of carbonyl (C=O) groups is 6. The van der Waals surface area contributed by atoms with E-state index in [1.165, 1.54) is 35.1 Å². The zero-order valence-electron chi connectivity index (χ0n) is 36.2. The Morgan fingerprint density at radius 3 is 1.25 bits per heavy atom. The number of piperazine rings is 1. The van der Waals surface area contributed by atoms with Crippen LogP contribution in [0.3, 0.4) is 0 Å². The normalized spacial score (nSPS) is 15.9. The van der Waals surface area contributed by atoms with E-state index >= 15 is 0 Å². The van der Waals surface area contributed by atoms with Crippen LogP contribution in [0.4, 0.5) is 0 Å². The van der Waals surface area contributed by atoms with Gasteiger partial charge in [-0.05, 0) is 59.4 Å². The van der Waals surface area contributed by atoms with Gasteiger partial charge < -0.3 is 40.2 Å². The van der Waals surface area contributed by atoms with Crippen LogP contribution in [0, 0.1) is 0 Å². The minimum absolute atomic E-state index is 0.0328. The Morgan fingerprint density at radius 2 is 0.906 bits per heavy atom. The van der Waals surface area contributed by atoms with Crippen molar-refractivity contribution in [3.63, 3.8) is 0 Å². The number of fused-ring (bicyclic) bond motifs is 2. The van der Waals surface area contributed by atoms with Gasteiger partial charge in [-0.2, -0.15) is 0 Å². The molecule has 3 aliphatic rings. The quantitative estimate of drug-likeness (QED) is 0.122. The first-order valence-corrected chi connectivity index (χ1v) is 21.4. The van der Waals surface area contributed by atoms with Crippen LogP contribution in [0.15, 0.2) is 84.9 Å². The maximum absolute atomic E-state index is 13.3. The molecule has 4 aromatic rings. The molecule has 4 aromatic carbocycles. The van der Waals surface area contributed by atoms with Gasteiger partial charge in [0, 0.05) is 74.4 Å². The Kier molecular flexibility index (Phi) is 14.6. The molecule has 0 bridgehead atoms. The zero-order valence-corrected chi connectivity index (χ0v) is 36.2. The lowest BCUT2D eigenvalue weighted by molar-refractivity contribution is -0.142. The molecule has 0 saturated carbocycles. The Labute approximate surface area is 371 Å². The highest BCUT2D eigenvalue weighted by Crippen LogP contribution is 2.35. The highest BCUT2D eigenvalue weighted by molar-refractivity contribution is 6.02. The van der Waals surface area contributed by atoms with Gasteiger partial charge in [-0.15, -0.1) is 0 Å². The molecule has 0 radical (unpaired) electrons. The van der Waals surface area contributed by atoms with E-state index in [9.17, 15) is 28.8 Å². The SMILES string of the molecule is COC(=O)CC[C@@H](C(N)=O)N1Cc2c(OCc3ccc(CN4CCN(Cc5ccc(COc6cccc7c6CN([C@@H](CCC(=O)OC)C(N)=O)C7=O)cc5)CC4)cc3)cccc2C1=O. The van der Waals surface area contributed by atoms with Crippen LogP contribution in [-0.4, -0.2) is 108 Å². The molecule has 1 fully saturated rings. The Bertz CT molecular complexity index is 2200. The van der Waals surface area contributed by atoms with Gasteiger partial charge in [-0.1, -0.05) is 60.7 Å². The molecule has 0 aromatic heterocycles. The van der Waals surface area contributed by atoms with Gasteiger partial charge in [0.05, 0.1) is 27.3 Å². The van der Waals surface area contributed by atoms with Crippen LogP contribution in [0.1, 0.15) is 79.8 Å². The zero-order chi connectivity index (χ0) is 45.3. The Balaban J connectivity index is 0.844.